The van der Waals surface area contributed by atoms with Crippen molar-refractivity contribution in [1.82, 2.24) is 0 Å². The highest BCUT2D eigenvalue weighted by Crippen LogP contribution is 2.40. The van der Waals surface area contributed by atoms with E-state index < -0.39 is 4.92 Å². The Labute approximate surface area is 332 Å². The summed E-state index contributed by atoms with van der Waals surface area (Å²) < 4.78 is 25.4. The number of aldehydes is 1. The van der Waals surface area contributed by atoms with Crippen LogP contribution in [-0.2, 0) is 26.1 Å². The number of non-ortho nitro benzene ring substituents is 1. The average molecular weight is 788 g/mol. The Morgan fingerprint density at radius 3 is 2.16 bits per heavy atom. The minimum atomic E-state index is -0.476. The number of para-hydroxylation sites is 2. The van der Waals surface area contributed by atoms with Crippen molar-refractivity contribution in [2.45, 2.75) is 32.1 Å². The van der Waals surface area contributed by atoms with E-state index in [1.54, 1.807) is 39.9 Å². The van der Waals surface area contributed by atoms with Gasteiger partial charge in [-0.25, -0.2) is 0 Å². The van der Waals surface area contributed by atoms with Crippen molar-refractivity contribution in [3.63, 3.8) is 0 Å². The number of nitro benzene ring substituents is 1. The van der Waals surface area contributed by atoms with Gasteiger partial charge in [-0.15, -0.1) is 0 Å². The molecular weight excluding hydrogens is 745 g/mol. The van der Waals surface area contributed by atoms with Crippen LogP contribution in [0, 0.1) is 10.1 Å². The summed E-state index contributed by atoms with van der Waals surface area (Å²) in [5.41, 5.74) is 6.98. The number of benzene rings is 5. The lowest BCUT2D eigenvalue weighted by Gasteiger charge is -2.24. The largest absolute Gasteiger partial charge is 0.493 e. The lowest BCUT2D eigenvalue weighted by molar-refractivity contribution is -0.385. The molecule has 14 heteroatoms. The number of aliphatic imine (C=N–C) groups is 1. The second kappa shape index (κ2) is 16.7. The first-order valence-electron chi connectivity index (χ1n) is 18.2. The lowest BCUT2D eigenvalue weighted by atomic mass is 10.1. The summed E-state index contributed by atoms with van der Waals surface area (Å²) in [6, 6.07) is 27.2. The zero-order chi connectivity index (χ0) is 40.2. The van der Waals surface area contributed by atoms with Crippen LogP contribution in [0.1, 0.15) is 43.0 Å². The molecule has 1 amide bonds. The van der Waals surface area contributed by atoms with E-state index in [-0.39, 0.29) is 30.9 Å². The van der Waals surface area contributed by atoms with Crippen LogP contribution in [0.3, 0.4) is 0 Å². The van der Waals surface area contributed by atoms with Gasteiger partial charge in [-0.2, -0.15) is 0 Å². The molecule has 2 unspecified atom stereocenters. The van der Waals surface area contributed by atoms with Gasteiger partial charge < -0.3 is 33.4 Å². The van der Waals surface area contributed by atoms with E-state index >= 15 is 0 Å². The van der Waals surface area contributed by atoms with Gasteiger partial charge in [0.2, 0.25) is 0 Å². The molecule has 0 fully saturated rings. The number of nitro groups is 1. The molecule has 7 rings (SSSR count). The number of carbonyl (C=O) groups excluding carboxylic acids is 2. The van der Waals surface area contributed by atoms with Gasteiger partial charge in [-0.05, 0) is 74.8 Å². The number of methoxy groups -OCH3 is 2. The molecule has 0 saturated carbocycles. The normalized spacial score (nSPS) is 14.3. The molecule has 2 aliphatic rings. The Hall–Kier alpha value is -6.46. The molecule has 0 N–H and O–H groups in total. The third-order valence-corrected chi connectivity index (χ3v) is 10.5. The van der Waals surface area contributed by atoms with Crippen LogP contribution < -0.4 is 33.4 Å². The number of likely N-dealkylation sites (N-methyl/N-ethyl adjacent to an activating group) is 1. The van der Waals surface area contributed by atoms with Gasteiger partial charge >= 0.3 is 0 Å². The molecule has 2 atom stereocenters. The van der Waals surface area contributed by atoms with Crippen molar-refractivity contribution in [2.24, 2.45) is 4.99 Å². The standard InChI is InChI=1S/C43H42N5O8P/c1-45-33(18-30-10-6-7-11-36(30)45)23-44-35-21-41(39(53-3)19-31(35)24-49)55-25-27-15-28(17-32(16-27)48(51)52)26-56-42-22-38(46(2)57)34(20-40(42)54-4)43(50)47-14-13-29-9-5-8-12-37(29)47/h5-12,15-17,19-24,33H,13-14,18,25-26,57H2,1-4H3. The summed E-state index contributed by atoms with van der Waals surface area (Å²) in [5, 5.41) is 12.0. The van der Waals surface area contributed by atoms with Crippen LogP contribution in [-0.4, -0.2) is 64.2 Å². The zero-order valence-corrected chi connectivity index (χ0v) is 33.2. The molecule has 0 aliphatic carbocycles. The highest BCUT2D eigenvalue weighted by Gasteiger charge is 2.29. The average Bonchev–Trinajstić information content (AvgIpc) is 3.81. The topological polar surface area (TPSA) is 136 Å². The smallest absolute Gasteiger partial charge is 0.270 e. The van der Waals surface area contributed by atoms with E-state index in [0.717, 1.165) is 29.8 Å². The summed E-state index contributed by atoms with van der Waals surface area (Å²) in [4.78, 5) is 46.2. The predicted octanol–water partition coefficient (Wildman–Crippen LogP) is 7.78. The summed E-state index contributed by atoms with van der Waals surface area (Å²) in [6.45, 7) is 0.460. The Bertz CT molecular complexity index is 2380. The highest BCUT2D eigenvalue weighted by atomic mass is 31.0. The predicted molar refractivity (Wildman–Crippen MR) is 224 cm³/mol. The van der Waals surface area contributed by atoms with Crippen molar-refractivity contribution in [2.75, 3.05) is 49.3 Å². The van der Waals surface area contributed by atoms with Crippen molar-refractivity contribution in [3.8, 4) is 23.0 Å². The molecule has 57 heavy (non-hydrogen) atoms. The Kier molecular flexibility index (Phi) is 11.4. The molecule has 2 aliphatic heterocycles. The van der Waals surface area contributed by atoms with E-state index in [9.17, 15) is 19.7 Å². The number of nitrogens with zero attached hydrogens (tertiary/aromatic N) is 5. The first-order chi connectivity index (χ1) is 27.6. The fourth-order valence-corrected chi connectivity index (χ4v) is 7.46. The maximum atomic E-state index is 13.9. The van der Waals surface area contributed by atoms with Crippen molar-refractivity contribution >= 4 is 56.2 Å². The molecule has 2 heterocycles. The summed E-state index contributed by atoms with van der Waals surface area (Å²) >= 11 is 0. The number of anilines is 3. The molecule has 13 nitrogen and oxygen atoms in total. The number of hydrogen-bond donors (Lipinski definition) is 0. The van der Waals surface area contributed by atoms with E-state index in [2.05, 4.69) is 31.4 Å². The SMILES string of the molecule is COc1cc(C=O)c(N=CC2Cc3ccccc3N2C)cc1OCc1cc(COc2cc(N(C)P)c(C(=O)N3CCc4ccccc43)cc2OC)cc([N+](=O)[O-])c1. The van der Waals surface area contributed by atoms with E-state index in [4.69, 9.17) is 18.9 Å². The van der Waals surface area contributed by atoms with Crippen LogP contribution in [0.15, 0.2) is 96.0 Å². The summed E-state index contributed by atoms with van der Waals surface area (Å²) in [7, 11) is 9.35. The van der Waals surface area contributed by atoms with Gasteiger partial charge in [0.15, 0.2) is 29.3 Å². The number of hydrogen-bond acceptors (Lipinski definition) is 11. The van der Waals surface area contributed by atoms with Crippen molar-refractivity contribution in [3.05, 3.63) is 134 Å². The Balaban J connectivity index is 1.10. The quantitative estimate of drug-likeness (QED) is 0.0361. The van der Waals surface area contributed by atoms with Gasteiger partial charge in [-0.1, -0.05) is 36.4 Å². The third-order valence-electron chi connectivity index (χ3n) is 10.2. The monoisotopic (exact) mass is 787 g/mol. The fraction of sp³-hybridized carbons (Fsp3) is 0.233. The van der Waals surface area contributed by atoms with E-state index in [1.807, 2.05) is 56.7 Å². The van der Waals surface area contributed by atoms with Crippen LogP contribution in [0.5, 0.6) is 23.0 Å². The maximum Gasteiger partial charge on any atom is 0.270 e. The molecular formula is C43H42N5O8P. The molecule has 0 radical (unpaired) electrons. The van der Waals surface area contributed by atoms with E-state index in [0.29, 0.717) is 69.5 Å². The second-order valence-electron chi connectivity index (χ2n) is 13.8. The molecule has 292 valence electrons. The van der Waals surface area contributed by atoms with Gasteiger partial charge in [0.1, 0.15) is 13.2 Å². The van der Waals surface area contributed by atoms with Gasteiger partial charge in [0, 0.05) is 68.1 Å². The van der Waals surface area contributed by atoms with Gasteiger partial charge in [0.05, 0.1) is 42.1 Å². The first kappa shape index (κ1) is 38.8. The number of fused-ring (bicyclic) bond motifs is 2. The number of amides is 1. The molecule has 0 spiro atoms. The fourth-order valence-electron chi connectivity index (χ4n) is 7.25. The van der Waals surface area contributed by atoms with Crippen LogP contribution in [0.4, 0.5) is 28.4 Å². The molecule has 0 saturated heterocycles. The molecule has 5 aromatic carbocycles. The minimum absolute atomic E-state index is 0.000683. The van der Waals surface area contributed by atoms with Gasteiger partial charge in [0.25, 0.3) is 11.6 Å². The highest BCUT2D eigenvalue weighted by molar-refractivity contribution is 7.19. The number of carbonyl (C=O) groups is 2. The van der Waals surface area contributed by atoms with E-state index in [1.165, 1.54) is 31.9 Å². The molecule has 5 aromatic rings. The minimum Gasteiger partial charge on any atom is -0.493 e. The Morgan fingerprint density at radius 2 is 1.53 bits per heavy atom. The third kappa shape index (κ3) is 8.10. The van der Waals surface area contributed by atoms with Crippen molar-refractivity contribution in [1.29, 1.82) is 0 Å². The summed E-state index contributed by atoms with van der Waals surface area (Å²) in [5.74, 6) is 1.15. The van der Waals surface area contributed by atoms with Crippen LogP contribution >= 0.6 is 9.39 Å². The molecule has 0 bridgehead atoms. The lowest BCUT2D eigenvalue weighted by Crippen LogP contribution is -2.30. The maximum absolute atomic E-state index is 13.9. The summed E-state index contributed by atoms with van der Waals surface area (Å²) in [6.07, 6.45) is 4.09. The number of rotatable bonds is 14. The Morgan fingerprint density at radius 1 is 0.895 bits per heavy atom. The van der Waals surface area contributed by atoms with Crippen LogP contribution in [0.2, 0.25) is 0 Å². The van der Waals surface area contributed by atoms with Crippen molar-refractivity contribution < 1.29 is 33.5 Å². The first-order valence-corrected chi connectivity index (χ1v) is 18.7. The molecule has 0 aromatic heterocycles. The van der Waals surface area contributed by atoms with Crippen LogP contribution in [0.25, 0.3) is 0 Å². The zero-order valence-electron chi connectivity index (χ0n) is 32.0. The number of ether oxygens (including phenoxy) is 4. The van der Waals surface area contributed by atoms with Gasteiger partial charge in [-0.3, -0.25) is 24.7 Å². The second-order valence-corrected chi connectivity index (χ2v) is 14.6.